The third-order valence-corrected chi connectivity index (χ3v) is 9.96. The van der Waals surface area contributed by atoms with E-state index in [0.29, 0.717) is 27.8 Å². The summed E-state index contributed by atoms with van der Waals surface area (Å²) in [7, 11) is 0. The second-order valence-electron chi connectivity index (χ2n) is 18.1. The zero-order valence-electron chi connectivity index (χ0n) is 31.6. The second-order valence-corrected chi connectivity index (χ2v) is 18.1. The number of phenols is 4. The Kier molecular flexibility index (Phi) is 8.83. The van der Waals surface area contributed by atoms with Crippen molar-refractivity contribution in [2.75, 3.05) is 0 Å². The highest BCUT2D eigenvalue weighted by Crippen LogP contribution is 2.43. The van der Waals surface area contributed by atoms with E-state index >= 15 is 0 Å². The lowest BCUT2D eigenvalue weighted by atomic mass is 9.79. The van der Waals surface area contributed by atoms with Crippen LogP contribution < -0.4 is 0 Å². The van der Waals surface area contributed by atoms with Gasteiger partial charge in [0.2, 0.25) is 11.6 Å². The molecule has 0 saturated heterocycles. The van der Waals surface area contributed by atoms with Gasteiger partial charge in [-0.15, -0.1) is 0 Å². The summed E-state index contributed by atoms with van der Waals surface area (Å²) in [5.41, 5.74) is 3.25. The monoisotopic (exact) mass is 676 g/mol. The summed E-state index contributed by atoms with van der Waals surface area (Å²) in [6.45, 7) is 24.2. The van der Waals surface area contributed by atoms with Crippen molar-refractivity contribution in [2.45, 2.75) is 118 Å². The molecule has 0 spiro atoms. The number of benzene rings is 4. The van der Waals surface area contributed by atoms with Gasteiger partial charge in [-0.05, 0) is 90.4 Å². The van der Waals surface area contributed by atoms with Crippen molar-refractivity contribution >= 4 is 11.6 Å². The number of hydrogen-bond donors (Lipinski definition) is 4. The maximum Gasteiger partial charge on any atom is 0.200 e. The number of ketones is 2. The molecular weight excluding hydrogens is 624 g/mol. The summed E-state index contributed by atoms with van der Waals surface area (Å²) in [6.07, 6.45) is 0.242. The third kappa shape index (κ3) is 6.77. The van der Waals surface area contributed by atoms with Gasteiger partial charge in [0.1, 0.15) is 23.0 Å². The van der Waals surface area contributed by atoms with Crippen LogP contribution in [0.4, 0.5) is 0 Å². The third-order valence-electron chi connectivity index (χ3n) is 9.96. The Morgan fingerprint density at radius 2 is 0.580 bits per heavy atom. The standard InChI is InChI=1S/C44H52O6/c1-41(2,3)27-15-23-13-25-17-28(42(4,5)6)19-31(36(25)46)38(48)33-21-30(44(10,11)12)22-34(40(33)50)39(49)32-20-29(43(7,8)9)18-26(37(32)47)14-24(16-27)35(23)45/h15-22,45-47,50H,13-14H2,1-12H3. The first-order valence-electron chi connectivity index (χ1n) is 17.3. The van der Waals surface area contributed by atoms with Crippen molar-refractivity contribution in [1.82, 2.24) is 0 Å². The van der Waals surface area contributed by atoms with Crippen molar-refractivity contribution in [1.29, 1.82) is 0 Å². The highest BCUT2D eigenvalue weighted by molar-refractivity contribution is 6.18. The Bertz CT molecular complexity index is 1930. The molecule has 0 fully saturated rings. The minimum Gasteiger partial charge on any atom is -0.507 e. The molecule has 0 radical (unpaired) electrons. The molecule has 0 amide bonds. The van der Waals surface area contributed by atoms with E-state index in [9.17, 15) is 30.0 Å². The molecule has 0 aliphatic heterocycles. The van der Waals surface area contributed by atoms with Gasteiger partial charge >= 0.3 is 0 Å². The van der Waals surface area contributed by atoms with Gasteiger partial charge in [0, 0.05) is 12.8 Å². The lowest BCUT2D eigenvalue weighted by molar-refractivity contribution is 0.103. The number of rotatable bonds is 0. The molecule has 264 valence electrons. The van der Waals surface area contributed by atoms with E-state index in [1.807, 2.05) is 86.6 Å². The van der Waals surface area contributed by atoms with Crippen molar-refractivity contribution in [3.8, 4) is 23.0 Å². The summed E-state index contributed by atoms with van der Waals surface area (Å²) in [4.78, 5) is 29.2. The number of carbonyl (C=O) groups is 2. The summed E-state index contributed by atoms with van der Waals surface area (Å²) < 4.78 is 0. The molecule has 8 bridgehead atoms. The van der Waals surface area contributed by atoms with Gasteiger partial charge in [0.15, 0.2) is 0 Å². The molecule has 0 aromatic heterocycles. The molecule has 4 N–H and O–H groups in total. The summed E-state index contributed by atoms with van der Waals surface area (Å²) in [5, 5.41) is 47.3. The first-order chi connectivity index (χ1) is 22.8. The fourth-order valence-electron chi connectivity index (χ4n) is 6.45. The van der Waals surface area contributed by atoms with Crippen LogP contribution in [0.2, 0.25) is 0 Å². The van der Waals surface area contributed by atoms with Gasteiger partial charge in [-0.2, -0.15) is 0 Å². The molecule has 0 atom stereocenters. The average Bonchev–Trinajstić information content (AvgIpc) is 2.97. The fraction of sp³-hybridized carbons (Fsp3) is 0.409. The largest absolute Gasteiger partial charge is 0.507 e. The van der Waals surface area contributed by atoms with Crippen molar-refractivity contribution in [2.24, 2.45) is 0 Å². The Hall–Kier alpha value is -4.58. The summed E-state index contributed by atoms with van der Waals surface area (Å²) >= 11 is 0. The van der Waals surface area contributed by atoms with Gasteiger partial charge < -0.3 is 20.4 Å². The van der Waals surface area contributed by atoms with E-state index in [-0.39, 0.29) is 57.8 Å². The molecule has 0 heterocycles. The lowest BCUT2D eigenvalue weighted by Gasteiger charge is -2.26. The number of fused-ring (bicyclic) bond motifs is 8. The molecule has 4 aromatic carbocycles. The van der Waals surface area contributed by atoms with E-state index in [2.05, 4.69) is 20.8 Å². The molecule has 0 saturated carbocycles. The predicted molar refractivity (Wildman–Crippen MR) is 200 cm³/mol. The smallest absolute Gasteiger partial charge is 0.200 e. The molecule has 50 heavy (non-hydrogen) atoms. The van der Waals surface area contributed by atoms with Crippen molar-refractivity contribution in [3.63, 3.8) is 0 Å². The predicted octanol–water partition coefficient (Wildman–Crippen LogP) is 9.66. The van der Waals surface area contributed by atoms with Crippen LogP contribution in [0.5, 0.6) is 23.0 Å². The summed E-state index contributed by atoms with van der Waals surface area (Å²) in [6, 6.07) is 14.1. The Balaban J connectivity index is 1.97. The molecule has 0 unspecified atom stereocenters. The van der Waals surface area contributed by atoms with E-state index in [1.165, 1.54) is 0 Å². The van der Waals surface area contributed by atoms with Crippen LogP contribution in [0, 0.1) is 0 Å². The number of phenolic OH excluding ortho intramolecular Hbond substituents is 4. The Morgan fingerprint density at radius 1 is 0.360 bits per heavy atom. The van der Waals surface area contributed by atoms with Gasteiger partial charge in [-0.3, -0.25) is 9.59 Å². The van der Waals surface area contributed by atoms with Crippen LogP contribution in [0.25, 0.3) is 0 Å². The van der Waals surface area contributed by atoms with Crippen LogP contribution in [0.3, 0.4) is 0 Å². The van der Waals surface area contributed by atoms with E-state index in [4.69, 9.17) is 0 Å². The van der Waals surface area contributed by atoms with Crippen LogP contribution in [-0.4, -0.2) is 32.0 Å². The first-order valence-corrected chi connectivity index (χ1v) is 17.3. The van der Waals surface area contributed by atoms with E-state index in [0.717, 1.165) is 16.7 Å². The van der Waals surface area contributed by atoms with Crippen LogP contribution >= 0.6 is 0 Å². The molecule has 6 heteroatoms. The first kappa shape index (κ1) is 36.7. The zero-order chi connectivity index (χ0) is 37.5. The minimum absolute atomic E-state index is 0.00849. The molecule has 6 nitrogen and oxygen atoms in total. The maximum absolute atomic E-state index is 14.6. The number of hydrogen-bond acceptors (Lipinski definition) is 6. The van der Waals surface area contributed by atoms with Gasteiger partial charge in [-0.1, -0.05) is 107 Å². The molecule has 1 aliphatic rings. The number of aromatic hydroxyl groups is 4. The summed E-state index contributed by atoms with van der Waals surface area (Å²) in [5.74, 6) is -2.26. The average molecular weight is 677 g/mol. The molecule has 1 aliphatic carbocycles. The second kappa shape index (κ2) is 12.0. The lowest BCUT2D eigenvalue weighted by Crippen LogP contribution is -2.18. The molecule has 4 aromatic rings. The molecular formula is C44H52O6. The van der Waals surface area contributed by atoms with E-state index in [1.54, 1.807) is 24.3 Å². The quantitative estimate of drug-likeness (QED) is 0.130. The minimum atomic E-state index is -0.638. The Labute approximate surface area is 296 Å². The van der Waals surface area contributed by atoms with Crippen LogP contribution in [0.15, 0.2) is 48.5 Å². The number of carbonyl (C=O) groups excluding carboxylic acids is 2. The normalized spacial score (nSPS) is 14.2. The topological polar surface area (TPSA) is 115 Å². The molecule has 5 rings (SSSR count). The SMILES string of the molecule is CC(C)(C)c1cc2c(O)c(c1)Cc1cc(C(C)(C)C)cc(c1O)C(=O)c1cc(C(C)(C)C)cc(c1O)C(=O)c1cc(C(C)(C)C)cc(c1O)C2. The highest BCUT2D eigenvalue weighted by atomic mass is 16.3. The fourth-order valence-corrected chi connectivity index (χ4v) is 6.45. The van der Waals surface area contributed by atoms with Gasteiger partial charge in [0.05, 0.1) is 22.3 Å². The van der Waals surface area contributed by atoms with Crippen LogP contribution in [-0.2, 0) is 34.5 Å². The zero-order valence-corrected chi connectivity index (χ0v) is 31.6. The maximum atomic E-state index is 14.6. The van der Waals surface area contributed by atoms with E-state index < -0.39 is 33.6 Å². The van der Waals surface area contributed by atoms with Gasteiger partial charge in [0.25, 0.3) is 0 Å². The Morgan fingerprint density at radius 3 is 0.860 bits per heavy atom. The van der Waals surface area contributed by atoms with Crippen molar-refractivity contribution < 1.29 is 30.0 Å². The van der Waals surface area contributed by atoms with Gasteiger partial charge in [-0.25, -0.2) is 0 Å². The van der Waals surface area contributed by atoms with Crippen molar-refractivity contribution in [3.05, 3.63) is 115 Å². The highest BCUT2D eigenvalue weighted by Gasteiger charge is 2.32. The van der Waals surface area contributed by atoms with Crippen LogP contribution in [0.1, 0.15) is 159 Å².